The summed E-state index contributed by atoms with van der Waals surface area (Å²) in [5.74, 6) is -1.92. The van der Waals surface area contributed by atoms with Gasteiger partial charge in [0.05, 0.1) is 11.7 Å². The minimum atomic E-state index is -1.27. The highest BCUT2D eigenvalue weighted by atomic mass is 16.7. The molecule has 0 radical (unpaired) electrons. The fraction of sp³-hybridized carbons (Fsp3) is 0.400. The molecular weight excluding hydrogens is 380 g/mol. The van der Waals surface area contributed by atoms with E-state index in [2.05, 4.69) is 5.32 Å². The Labute approximate surface area is 168 Å². The van der Waals surface area contributed by atoms with E-state index in [-0.39, 0.29) is 6.61 Å². The summed E-state index contributed by atoms with van der Waals surface area (Å²) in [4.78, 5) is 29.9. The number of carbonyl (C=O) groups excluding carboxylic acids is 2. The Morgan fingerprint density at radius 2 is 1.66 bits per heavy atom. The maximum Gasteiger partial charge on any atom is 0.408 e. The van der Waals surface area contributed by atoms with Crippen LogP contribution in [0.5, 0.6) is 11.8 Å². The van der Waals surface area contributed by atoms with Crippen LogP contribution in [0.15, 0.2) is 42.5 Å². The Morgan fingerprint density at radius 1 is 1.07 bits per heavy atom. The quantitative estimate of drug-likeness (QED) is 0.646. The predicted octanol–water partition coefficient (Wildman–Crippen LogP) is 2.35. The van der Waals surface area contributed by atoms with Crippen molar-refractivity contribution in [1.82, 2.24) is 10.0 Å². The second kappa shape index (κ2) is 9.33. The lowest BCUT2D eigenvalue weighted by Crippen LogP contribution is -2.53. The summed E-state index contributed by atoms with van der Waals surface area (Å²) in [6.07, 6.45) is -1.65. The maximum atomic E-state index is 12.6. The summed E-state index contributed by atoms with van der Waals surface area (Å²) in [5.41, 5.74) is 0.175. The number of rotatable bonds is 7. The van der Waals surface area contributed by atoms with E-state index in [4.69, 9.17) is 14.3 Å². The molecule has 0 saturated carbocycles. The van der Waals surface area contributed by atoms with Crippen LogP contribution >= 0.6 is 0 Å². The van der Waals surface area contributed by atoms with E-state index in [0.717, 1.165) is 17.7 Å². The molecule has 29 heavy (non-hydrogen) atoms. The summed E-state index contributed by atoms with van der Waals surface area (Å²) in [5, 5.41) is 21.7. The molecule has 0 aliphatic heterocycles. The van der Waals surface area contributed by atoms with Crippen molar-refractivity contribution in [2.75, 3.05) is 0 Å². The molecular formula is C20H26N2O7. The van der Waals surface area contributed by atoms with Crippen LogP contribution in [0.4, 0.5) is 4.79 Å². The van der Waals surface area contributed by atoms with Crippen molar-refractivity contribution in [3.63, 3.8) is 0 Å². The highest BCUT2D eigenvalue weighted by molar-refractivity contribution is 5.82. The fourth-order valence-electron chi connectivity index (χ4n) is 2.53. The van der Waals surface area contributed by atoms with Gasteiger partial charge in [-0.1, -0.05) is 30.3 Å². The van der Waals surface area contributed by atoms with Gasteiger partial charge in [-0.05, 0) is 33.3 Å². The van der Waals surface area contributed by atoms with Gasteiger partial charge in [-0.25, -0.2) is 9.59 Å². The first kappa shape index (κ1) is 22.1. The lowest BCUT2D eigenvalue weighted by atomic mass is 10.1. The second-order valence-corrected chi connectivity index (χ2v) is 7.37. The van der Waals surface area contributed by atoms with Crippen LogP contribution in [0.3, 0.4) is 0 Å². The van der Waals surface area contributed by atoms with Crippen molar-refractivity contribution in [3.05, 3.63) is 48.0 Å². The zero-order valence-electron chi connectivity index (χ0n) is 16.8. The number of alkyl carbamates (subject to hydrolysis) is 1. The zero-order chi connectivity index (χ0) is 21.6. The van der Waals surface area contributed by atoms with Gasteiger partial charge in [0.2, 0.25) is 11.8 Å². The number of hydrogen-bond acceptors (Lipinski definition) is 7. The average molecular weight is 406 g/mol. The summed E-state index contributed by atoms with van der Waals surface area (Å²) in [7, 11) is 0. The molecule has 0 bridgehead atoms. The molecule has 2 rings (SSSR count). The van der Waals surface area contributed by atoms with Gasteiger partial charge < -0.3 is 29.8 Å². The van der Waals surface area contributed by atoms with Crippen molar-refractivity contribution in [1.29, 1.82) is 0 Å². The third-order valence-electron chi connectivity index (χ3n) is 3.73. The number of aromatic nitrogens is 1. The molecule has 2 atom stereocenters. The van der Waals surface area contributed by atoms with Crippen LogP contribution in [0.25, 0.3) is 0 Å². The SMILES string of the molecule is C[C@@H](OC(C)(C)C)[C@H](NC(=O)OCc1ccccc1)C(=O)On1c(O)ccc1O. The summed E-state index contributed by atoms with van der Waals surface area (Å²) in [6.45, 7) is 6.99. The van der Waals surface area contributed by atoms with Crippen LogP contribution < -0.4 is 10.2 Å². The minimum Gasteiger partial charge on any atom is -0.492 e. The summed E-state index contributed by atoms with van der Waals surface area (Å²) >= 11 is 0. The van der Waals surface area contributed by atoms with E-state index >= 15 is 0 Å². The third-order valence-corrected chi connectivity index (χ3v) is 3.73. The van der Waals surface area contributed by atoms with Crippen LogP contribution in [0, 0.1) is 0 Å². The van der Waals surface area contributed by atoms with Gasteiger partial charge in [0, 0.05) is 12.1 Å². The standard InChI is InChI=1S/C20H26N2O7/c1-13(28-20(2,3)4)17(18(25)29-22-15(23)10-11-16(22)24)21-19(26)27-12-14-8-6-5-7-9-14/h5-11,13,17,23-24H,12H2,1-4H3,(H,21,26)/t13-,17+/m1/s1. The predicted molar refractivity (Wildman–Crippen MR) is 103 cm³/mol. The van der Waals surface area contributed by atoms with Gasteiger partial charge in [0.15, 0.2) is 6.04 Å². The molecule has 2 aromatic rings. The smallest absolute Gasteiger partial charge is 0.408 e. The number of carbonyl (C=O) groups is 2. The van der Waals surface area contributed by atoms with Gasteiger partial charge in [-0.2, -0.15) is 0 Å². The lowest BCUT2D eigenvalue weighted by Gasteiger charge is -2.29. The van der Waals surface area contributed by atoms with Crippen molar-refractivity contribution in [3.8, 4) is 11.8 Å². The van der Waals surface area contributed by atoms with E-state index in [1.165, 1.54) is 0 Å². The van der Waals surface area contributed by atoms with Gasteiger partial charge in [0.1, 0.15) is 6.61 Å². The molecule has 0 aliphatic rings. The van der Waals surface area contributed by atoms with E-state index in [0.29, 0.717) is 4.73 Å². The topological polar surface area (TPSA) is 119 Å². The largest absolute Gasteiger partial charge is 0.492 e. The molecule has 1 heterocycles. The Kier molecular flexibility index (Phi) is 7.11. The normalized spacial score (nSPS) is 13.4. The number of aromatic hydroxyl groups is 2. The molecule has 158 valence electrons. The average Bonchev–Trinajstić information content (AvgIpc) is 2.95. The van der Waals surface area contributed by atoms with E-state index in [9.17, 15) is 19.8 Å². The van der Waals surface area contributed by atoms with Gasteiger partial charge >= 0.3 is 12.1 Å². The fourth-order valence-corrected chi connectivity index (χ4v) is 2.53. The van der Waals surface area contributed by atoms with Crippen molar-refractivity contribution < 1.29 is 34.1 Å². The van der Waals surface area contributed by atoms with Crippen LogP contribution in [0.1, 0.15) is 33.3 Å². The third kappa shape index (κ3) is 6.72. The van der Waals surface area contributed by atoms with Crippen molar-refractivity contribution in [2.45, 2.75) is 52.0 Å². The molecule has 0 saturated heterocycles. The van der Waals surface area contributed by atoms with Crippen LogP contribution in [-0.2, 0) is 20.9 Å². The first-order valence-corrected chi connectivity index (χ1v) is 9.03. The van der Waals surface area contributed by atoms with Crippen LogP contribution in [-0.4, -0.2) is 44.8 Å². The Morgan fingerprint density at radius 3 is 2.21 bits per heavy atom. The van der Waals surface area contributed by atoms with Gasteiger partial charge in [-0.3, -0.25) is 0 Å². The molecule has 9 nitrogen and oxygen atoms in total. The molecule has 1 aromatic carbocycles. The molecule has 0 spiro atoms. The molecule has 1 aromatic heterocycles. The maximum absolute atomic E-state index is 12.6. The van der Waals surface area contributed by atoms with E-state index in [1.807, 2.05) is 18.2 Å². The zero-order valence-corrected chi connectivity index (χ0v) is 16.8. The van der Waals surface area contributed by atoms with E-state index in [1.54, 1.807) is 39.8 Å². The molecule has 9 heteroatoms. The number of hydrogen-bond donors (Lipinski definition) is 3. The van der Waals surface area contributed by atoms with Gasteiger partial charge in [-0.15, -0.1) is 4.73 Å². The molecule has 3 N–H and O–H groups in total. The first-order chi connectivity index (χ1) is 13.6. The molecule has 0 fully saturated rings. The van der Waals surface area contributed by atoms with Gasteiger partial charge in [0.25, 0.3) is 0 Å². The minimum absolute atomic E-state index is 0.0160. The number of amides is 1. The Balaban J connectivity index is 2.09. The van der Waals surface area contributed by atoms with Crippen molar-refractivity contribution in [2.24, 2.45) is 0 Å². The van der Waals surface area contributed by atoms with E-state index < -0.39 is 41.6 Å². The molecule has 0 aliphatic carbocycles. The van der Waals surface area contributed by atoms with Crippen molar-refractivity contribution >= 4 is 12.1 Å². The monoisotopic (exact) mass is 406 g/mol. The van der Waals surface area contributed by atoms with Crippen LogP contribution in [0.2, 0.25) is 0 Å². The Bertz CT molecular complexity index is 808. The highest BCUT2D eigenvalue weighted by Gasteiger charge is 2.34. The lowest BCUT2D eigenvalue weighted by molar-refractivity contribution is -0.155. The number of nitrogens with zero attached hydrogens (tertiary/aromatic N) is 1. The highest BCUT2D eigenvalue weighted by Crippen LogP contribution is 2.20. The summed E-state index contributed by atoms with van der Waals surface area (Å²) < 4.78 is 11.4. The number of benzene rings is 1. The Hall–Kier alpha value is -3.20. The summed E-state index contributed by atoms with van der Waals surface area (Å²) in [6, 6.07) is 10.1. The number of ether oxygens (including phenoxy) is 2. The molecule has 1 amide bonds. The first-order valence-electron chi connectivity index (χ1n) is 9.03. The molecule has 0 unspecified atom stereocenters. The number of nitrogens with one attached hydrogen (secondary N) is 1. The second-order valence-electron chi connectivity index (χ2n) is 7.37.